The van der Waals surface area contributed by atoms with Crippen LogP contribution < -0.4 is 0 Å². The van der Waals surface area contributed by atoms with Crippen molar-refractivity contribution in [2.75, 3.05) is 6.26 Å². The molecule has 0 aliphatic carbocycles. The fourth-order valence-corrected chi connectivity index (χ4v) is 1.24. The minimum Gasteiger partial charge on any atom is -0.325 e. The summed E-state index contributed by atoms with van der Waals surface area (Å²) in [5.41, 5.74) is 0. The third-order valence-corrected chi connectivity index (χ3v) is 2.71. The lowest BCUT2D eigenvalue weighted by Crippen LogP contribution is -1.84. The molecule has 0 atom stereocenters. The van der Waals surface area contributed by atoms with Crippen molar-refractivity contribution in [2.24, 2.45) is 0 Å². The summed E-state index contributed by atoms with van der Waals surface area (Å²) in [5, 5.41) is 0.841. The minimum absolute atomic E-state index is 0.694. The number of nitrogens with zero attached hydrogens (tertiary/aromatic N) is 1. The Morgan fingerprint density at radius 2 is 2.50 bits per heavy atom. The molecular formula is C5H5BrN2S2. The maximum absolute atomic E-state index is 4.95. The summed E-state index contributed by atoms with van der Waals surface area (Å²) >= 11 is 9.74. The third-order valence-electron chi connectivity index (χ3n) is 0.926. The summed E-state index contributed by atoms with van der Waals surface area (Å²) in [6, 6.07) is 0. The molecule has 0 aliphatic heterocycles. The Labute approximate surface area is 76.6 Å². The van der Waals surface area contributed by atoms with Gasteiger partial charge in [-0.15, -0.1) is 0 Å². The van der Waals surface area contributed by atoms with Gasteiger partial charge in [0, 0.05) is 6.20 Å². The van der Waals surface area contributed by atoms with Gasteiger partial charge in [-0.05, 0) is 22.2 Å². The highest BCUT2D eigenvalue weighted by molar-refractivity contribution is 9.10. The predicted molar refractivity (Wildman–Crippen MR) is 48.9 cm³/mol. The number of aromatic nitrogens is 2. The Bertz CT molecular complexity index is 283. The molecule has 0 amide bonds. The topological polar surface area (TPSA) is 28.7 Å². The maximum Gasteiger partial charge on any atom is 0.166 e. The molecule has 0 saturated heterocycles. The van der Waals surface area contributed by atoms with Crippen LogP contribution in [-0.2, 0) is 0 Å². The predicted octanol–water partition coefficient (Wildman–Crippen LogP) is 2.62. The van der Waals surface area contributed by atoms with Gasteiger partial charge in [-0.3, -0.25) is 0 Å². The molecular weight excluding hydrogens is 232 g/mol. The van der Waals surface area contributed by atoms with Crippen LogP contribution in [0.5, 0.6) is 0 Å². The number of aromatic amines is 1. The zero-order valence-electron chi connectivity index (χ0n) is 5.22. The molecule has 0 aromatic carbocycles. The zero-order chi connectivity index (χ0) is 7.56. The van der Waals surface area contributed by atoms with E-state index in [2.05, 4.69) is 25.9 Å². The summed E-state index contributed by atoms with van der Waals surface area (Å²) in [6.07, 6.45) is 3.65. The zero-order valence-corrected chi connectivity index (χ0v) is 8.44. The molecule has 0 bridgehead atoms. The van der Waals surface area contributed by atoms with E-state index in [9.17, 15) is 0 Å². The molecule has 1 aromatic rings. The number of nitrogens with one attached hydrogen (secondary N) is 1. The van der Waals surface area contributed by atoms with Crippen LogP contribution in [0.1, 0.15) is 0 Å². The van der Waals surface area contributed by atoms with Gasteiger partial charge in [-0.1, -0.05) is 24.0 Å². The first kappa shape index (κ1) is 8.23. The van der Waals surface area contributed by atoms with E-state index in [0.29, 0.717) is 4.64 Å². The Balaban J connectivity index is 3.17. The normalized spacial score (nSPS) is 9.80. The lowest BCUT2D eigenvalue weighted by molar-refractivity contribution is 0.950. The van der Waals surface area contributed by atoms with Gasteiger partial charge in [0.2, 0.25) is 0 Å². The summed E-state index contributed by atoms with van der Waals surface area (Å²) in [7, 11) is 0. The SMILES string of the molecule is CSc1ncc(Br)c(=S)[nH]1. The van der Waals surface area contributed by atoms with Gasteiger partial charge in [0.05, 0.1) is 4.47 Å². The Kier molecular flexibility index (Phi) is 2.88. The number of halogens is 1. The Morgan fingerprint density at radius 3 is 3.00 bits per heavy atom. The molecule has 2 nitrogen and oxygen atoms in total. The summed E-state index contributed by atoms with van der Waals surface area (Å²) < 4.78 is 1.53. The summed E-state index contributed by atoms with van der Waals surface area (Å²) in [6.45, 7) is 0. The molecule has 0 fully saturated rings. The van der Waals surface area contributed by atoms with E-state index < -0.39 is 0 Å². The fourth-order valence-electron chi connectivity index (χ4n) is 0.467. The molecule has 1 aromatic heterocycles. The van der Waals surface area contributed by atoms with E-state index in [1.165, 1.54) is 11.8 Å². The highest BCUT2D eigenvalue weighted by Gasteiger charge is 1.92. The van der Waals surface area contributed by atoms with Crippen LogP contribution in [-0.4, -0.2) is 16.2 Å². The molecule has 5 heteroatoms. The second kappa shape index (κ2) is 3.50. The van der Waals surface area contributed by atoms with E-state index in [4.69, 9.17) is 12.2 Å². The highest BCUT2D eigenvalue weighted by Crippen LogP contribution is 2.12. The van der Waals surface area contributed by atoms with E-state index >= 15 is 0 Å². The first-order valence-corrected chi connectivity index (χ1v) is 4.95. The maximum atomic E-state index is 4.95. The van der Waals surface area contributed by atoms with Crippen LogP contribution in [0.15, 0.2) is 15.8 Å². The van der Waals surface area contributed by atoms with E-state index in [0.717, 1.165) is 9.63 Å². The second-order valence-corrected chi connectivity index (χ2v) is 3.63. The number of H-pyrrole nitrogens is 1. The second-order valence-electron chi connectivity index (χ2n) is 1.57. The monoisotopic (exact) mass is 236 g/mol. The van der Waals surface area contributed by atoms with Crippen LogP contribution >= 0.6 is 39.9 Å². The number of rotatable bonds is 1. The van der Waals surface area contributed by atoms with Gasteiger partial charge in [-0.25, -0.2) is 4.98 Å². The number of hydrogen-bond acceptors (Lipinski definition) is 3. The molecule has 1 heterocycles. The average molecular weight is 237 g/mol. The third kappa shape index (κ3) is 1.81. The fraction of sp³-hybridized carbons (Fsp3) is 0.200. The molecule has 0 unspecified atom stereocenters. The quantitative estimate of drug-likeness (QED) is 0.462. The van der Waals surface area contributed by atoms with Crippen molar-refractivity contribution in [3.8, 4) is 0 Å². The van der Waals surface area contributed by atoms with Crippen molar-refractivity contribution in [3.63, 3.8) is 0 Å². The molecule has 1 rings (SSSR count). The molecule has 54 valence electrons. The van der Waals surface area contributed by atoms with Gasteiger partial charge in [-0.2, -0.15) is 0 Å². The van der Waals surface area contributed by atoms with Crippen molar-refractivity contribution in [1.29, 1.82) is 0 Å². The van der Waals surface area contributed by atoms with E-state index in [-0.39, 0.29) is 0 Å². The average Bonchev–Trinajstić information content (AvgIpc) is 1.95. The summed E-state index contributed by atoms with van der Waals surface area (Å²) in [5.74, 6) is 0. The van der Waals surface area contributed by atoms with E-state index in [1.807, 2.05) is 6.26 Å². The molecule has 1 N–H and O–H groups in total. The van der Waals surface area contributed by atoms with Crippen LogP contribution in [0, 0.1) is 4.64 Å². The van der Waals surface area contributed by atoms with E-state index in [1.54, 1.807) is 6.20 Å². The van der Waals surface area contributed by atoms with Gasteiger partial charge in [0.25, 0.3) is 0 Å². The first-order valence-electron chi connectivity index (χ1n) is 2.53. The number of hydrogen-bond donors (Lipinski definition) is 1. The Morgan fingerprint density at radius 1 is 1.80 bits per heavy atom. The highest BCUT2D eigenvalue weighted by atomic mass is 79.9. The minimum atomic E-state index is 0.694. The molecule has 0 radical (unpaired) electrons. The van der Waals surface area contributed by atoms with Gasteiger partial charge < -0.3 is 4.98 Å². The van der Waals surface area contributed by atoms with Gasteiger partial charge >= 0.3 is 0 Å². The molecule has 0 aliphatic rings. The van der Waals surface area contributed by atoms with Crippen molar-refractivity contribution in [1.82, 2.24) is 9.97 Å². The number of thioether (sulfide) groups is 1. The van der Waals surface area contributed by atoms with Crippen molar-refractivity contribution in [2.45, 2.75) is 5.16 Å². The van der Waals surface area contributed by atoms with Crippen molar-refractivity contribution in [3.05, 3.63) is 15.3 Å². The van der Waals surface area contributed by atoms with Gasteiger partial charge in [0.15, 0.2) is 5.16 Å². The first-order chi connectivity index (χ1) is 4.74. The van der Waals surface area contributed by atoms with Crippen molar-refractivity contribution < 1.29 is 0 Å². The standard InChI is InChI=1S/C5H5BrN2S2/c1-10-5-7-2-3(6)4(9)8-5/h2H,1H3,(H,7,8,9). The smallest absolute Gasteiger partial charge is 0.166 e. The van der Waals surface area contributed by atoms with Crippen molar-refractivity contribution >= 4 is 39.9 Å². The lowest BCUT2D eigenvalue weighted by atomic mass is 10.7. The van der Waals surface area contributed by atoms with Crippen LogP contribution in [0.3, 0.4) is 0 Å². The van der Waals surface area contributed by atoms with Crippen LogP contribution in [0.25, 0.3) is 0 Å². The lowest BCUT2D eigenvalue weighted by Gasteiger charge is -1.94. The largest absolute Gasteiger partial charge is 0.325 e. The molecule has 0 spiro atoms. The van der Waals surface area contributed by atoms with Crippen LogP contribution in [0.4, 0.5) is 0 Å². The van der Waals surface area contributed by atoms with Gasteiger partial charge in [0.1, 0.15) is 4.64 Å². The molecule has 10 heavy (non-hydrogen) atoms. The van der Waals surface area contributed by atoms with Crippen LogP contribution in [0.2, 0.25) is 0 Å². The summed E-state index contributed by atoms with van der Waals surface area (Å²) in [4.78, 5) is 7.00. The Hall–Kier alpha value is 0.130. The molecule has 0 saturated carbocycles.